The van der Waals surface area contributed by atoms with Crippen molar-refractivity contribution in [3.8, 4) is 0 Å². The number of benzene rings is 1. The van der Waals surface area contributed by atoms with Gasteiger partial charge in [0.05, 0.1) is 28.4 Å². The van der Waals surface area contributed by atoms with Gasteiger partial charge in [0.1, 0.15) is 11.7 Å². The van der Waals surface area contributed by atoms with Gasteiger partial charge < -0.3 is 15.4 Å². The first-order chi connectivity index (χ1) is 13.8. The summed E-state index contributed by atoms with van der Waals surface area (Å²) in [6.45, 7) is 0.0831. The standard InChI is InChI=1S/C20H18N4O4S/c21-19-6-5-13(9-22-19)7-16(20(25)26)17-11-24(12-23-17)10-15-8-14-3-1-2-4-18(14)29(15,27)28/h1-6,8-9,11-12,16H,7,10H2,(H2,21,22)(H,25,26). The van der Waals surface area contributed by atoms with Crippen molar-refractivity contribution in [2.24, 2.45) is 0 Å². The van der Waals surface area contributed by atoms with Crippen LogP contribution in [0.15, 0.2) is 64.9 Å². The van der Waals surface area contributed by atoms with E-state index in [9.17, 15) is 18.3 Å². The molecule has 2 aromatic heterocycles. The first-order valence-corrected chi connectivity index (χ1v) is 10.3. The Balaban J connectivity index is 1.56. The maximum absolute atomic E-state index is 12.7. The van der Waals surface area contributed by atoms with E-state index >= 15 is 0 Å². The van der Waals surface area contributed by atoms with Crippen molar-refractivity contribution in [2.75, 3.05) is 5.73 Å². The van der Waals surface area contributed by atoms with Crippen molar-refractivity contribution in [3.05, 3.63) is 76.8 Å². The average Bonchev–Trinajstić information content (AvgIpc) is 3.24. The van der Waals surface area contributed by atoms with Crippen molar-refractivity contribution >= 4 is 27.7 Å². The number of rotatable bonds is 6. The Morgan fingerprint density at radius 3 is 2.66 bits per heavy atom. The van der Waals surface area contributed by atoms with Gasteiger partial charge >= 0.3 is 5.97 Å². The Bertz CT molecular complexity index is 1210. The molecule has 0 saturated carbocycles. The predicted octanol–water partition coefficient (Wildman–Crippen LogP) is 2.10. The third-order valence-corrected chi connectivity index (χ3v) is 6.69. The zero-order valence-electron chi connectivity index (χ0n) is 15.3. The summed E-state index contributed by atoms with van der Waals surface area (Å²) in [6, 6.07) is 10.1. The molecular weight excluding hydrogens is 392 g/mol. The number of anilines is 1. The first kappa shape index (κ1) is 18.9. The molecule has 0 radical (unpaired) electrons. The SMILES string of the molecule is Nc1ccc(CC(C(=O)O)c2cn(CC3=Cc4ccccc4S3(=O)=O)cn2)cn1. The zero-order chi connectivity index (χ0) is 20.6. The lowest BCUT2D eigenvalue weighted by Gasteiger charge is -2.10. The number of pyridine rings is 1. The fourth-order valence-electron chi connectivity index (χ4n) is 3.30. The summed E-state index contributed by atoms with van der Waals surface area (Å²) in [5, 5.41) is 9.64. The molecule has 0 bridgehead atoms. The van der Waals surface area contributed by atoms with Gasteiger partial charge in [0.2, 0.25) is 9.84 Å². The lowest BCUT2D eigenvalue weighted by molar-refractivity contribution is -0.138. The number of nitrogen functional groups attached to an aromatic ring is 1. The second kappa shape index (κ2) is 7.17. The average molecular weight is 410 g/mol. The van der Waals surface area contributed by atoms with Crippen LogP contribution in [0.4, 0.5) is 5.82 Å². The molecule has 9 heteroatoms. The number of sulfone groups is 1. The number of carboxylic acids is 1. The summed E-state index contributed by atoms with van der Waals surface area (Å²) in [6.07, 6.45) is 6.40. The Morgan fingerprint density at radius 1 is 1.17 bits per heavy atom. The van der Waals surface area contributed by atoms with Gasteiger partial charge in [-0.15, -0.1) is 0 Å². The topological polar surface area (TPSA) is 128 Å². The molecule has 1 aliphatic heterocycles. The Labute approximate surface area is 167 Å². The minimum atomic E-state index is -3.55. The molecule has 8 nitrogen and oxygen atoms in total. The van der Waals surface area contributed by atoms with Gasteiger partial charge in [-0.1, -0.05) is 24.3 Å². The number of nitrogens with zero attached hydrogens (tertiary/aromatic N) is 3. The van der Waals surface area contributed by atoms with E-state index in [1.807, 2.05) is 0 Å². The number of carboxylic acid groups (broad SMARTS) is 1. The molecule has 1 aromatic carbocycles. The number of hydrogen-bond acceptors (Lipinski definition) is 6. The molecule has 29 heavy (non-hydrogen) atoms. The summed E-state index contributed by atoms with van der Waals surface area (Å²) in [5.74, 6) is -1.54. The number of hydrogen-bond donors (Lipinski definition) is 2. The minimum Gasteiger partial charge on any atom is -0.481 e. The van der Waals surface area contributed by atoms with E-state index in [2.05, 4.69) is 9.97 Å². The number of fused-ring (bicyclic) bond motifs is 1. The molecule has 3 aromatic rings. The van der Waals surface area contributed by atoms with Crippen LogP contribution in [0.1, 0.15) is 22.7 Å². The first-order valence-electron chi connectivity index (χ1n) is 8.84. The van der Waals surface area contributed by atoms with Gasteiger partial charge in [-0.3, -0.25) is 4.79 Å². The van der Waals surface area contributed by atoms with E-state index in [1.165, 1.54) is 12.5 Å². The number of aliphatic carboxylic acids is 1. The molecule has 0 spiro atoms. The van der Waals surface area contributed by atoms with Crippen molar-refractivity contribution in [2.45, 2.75) is 23.8 Å². The summed E-state index contributed by atoms with van der Waals surface area (Å²) in [7, 11) is -3.55. The molecule has 0 saturated heterocycles. The largest absolute Gasteiger partial charge is 0.481 e. The molecule has 1 aliphatic rings. The minimum absolute atomic E-state index is 0.0831. The van der Waals surface area contributed by atoms with Crippen molar-refractivity contribution in [3.63, 3.8) is 0 Å². The van der Waals surface area contributed by atoms with Crippen LogP contribution in [0.25, 0.3) is 6.08 Å². The van der Waals surface area contributed by atoms with Gasteiger partial charge in [0, 0.05) is 12.4 Å². The monoisotopic (exact) mass is 410 g/mol. The van der Waals surface area contributed by atoms with Crippen LogP contribution in [-0.2, 0) is 27.6 Å². The summed E-state index contributed by atoms with van der Waals surface area (Å²) in [4.78, 5) is 20.5. The van der Waals surface area contributed by atoms with Crippen LogP contribution in [0, 0.1) is 0 Å². The third kappa shape index (κ3) is 3.64. The Kier molecular flexibility index (Phi) is 4.67. The third-order valence-electron chi connectivity index (χ3n) is 4.80. The molecule has 0 aliphatic carbocycles. The molecule has 0 amide bonds. The molecule has 3 heterocycles. The molecule has 3 N–H and O–H groups in total. The van der Waals surface area contributed by atoms with Crippen LogP contribution in [0.5, 0.6) is 0 Å². The molecule has 1 atom stereocenters. The van der Waals surface area contributed by atoms with Gasteiger partial charge in [-0.05, 0) is 35.8 Å². The smallest absolute Gasteiger partial charge is 0.312 e. The van der Waals surface area contributed by atoms with Crippen molar-refractivity contribution in [1.29, 1.82) is 0 Å². The van der Waals surface area contributed by atoms with E-state index in [-0.39, 0.29) is 22.8 Å². The number of aromatic nitrogens is 3. The number of allylic oxidation sites excluding steroid dienone is 1. The van der Waals surface area contributed by atoms with Crippen LogP contribution < -0.4 is 5.73 Å². The summed E-state index contributed by atoms with van der Waals surface area (Å²) >= 11 is 0. The van der Waals surface area contributed by atoms with Crippen molar-refractivity contribution < 1.29 is 18.3 Å². The van der Waals surface area contributed by atoms with Gasteiger partial charge in [-0.25, -0.2) is 18.4 Å². The Morgan fingerprint density at radius 2 is 1.97 bits per heavy atom. The highest BCUT2D eigenvalue weighted by molar-refractivity contribution is 7.95. The number of nitrogens with two attached hydrogens (primary N) is 1. The number of imidazole rings is 1. The molecular formula is C20H18N4O4S. The zero-order valence-corrected chi connectivity index (χ0v) is 16.1. The summed E-state index contributed by atoms with van der Waals surface area (Å²) < 4.78 is 27.0. The molecule has 0 fully saturated rings. The van der Waals surface area contributed by atoms with Gasteiger partial charge in [-0.2, -0.15) is 0 Å². The fourth-order valence-corrected chi connectivity index (χ4v) is 4.88. The highest BCUT2D eigenvalue weighted by Crippen LogP contribution is 2.33. The molecule has 148 valence electrons. The van der Waals surface area contributed by atoms with E-state index in [0.29, 0.717) is 17.1 Å². The van der Waals surface area contributed by atoms with Gasteiger partial charge in [0.25, 0.3) is 0 Å². The van der Waals surface area contributed by atoms with Crippen LogP contribution >= 0.6 is 0 Å². The highest BCUT2D eigenvalue weighted by atomic mass is 32.2. The predicted molar refractivity (Wildman–Crippen MR) is 107 cm³/mol. The quantitative estimate of drug-likeness (QED) is 0.637. The number of carbonyl (C=O) groups is 1. The summed E-state index contributed by atoms with van der Waals surface area (Å²) in [5.41, 5.74) is 7.29. The maximum atomic E-state index is 12.7. The van der Waals surface area contributed by atoms with Crippen LogP contribution in [-0.4, -0.2) is 34.0 Å². The van der Waals surface area contributed by atoms with Crippen LogP contribution in [0.3, 0.4) is 0 Å². The second-order valence-corrected chi connectivity index (χ2v) is 8.78. The Hall–Kier alpha value is -3.46. The lowest BCUT2D eigenvalue weighted by Crippen LogP contribution is -2.15. The van der Waals surface area contributed by atoms with Crippen LogP contribution in [0.2, 0.25) is 0 Å². The van der Waals surface area contributed by atoms with E-state index < -0.39 is 21.7 Å². The fraction of sp³-hybridized carbons (Fsp3) is 0.150. The molecule has 4 rings (SSSR count). The molecule has 1 unspecified atom stereocenters. The second-order valence-electron chi connectivity index (χ2n) is 6.81. The highest BCUT2D eigenvalue weighted by Gasteiger charge is 2.30. The van der Waals surface area contributed by atoms with E-state index in [4.69, 9.17) is 5.73 Å². The van der Waals surface area contributed by atoms with Gasteiger partial charge in [0.15, 0.2) is 0 Å². The lowest BCUT2D eigenvalue weighted by atomic mass is 9.98. The van der Waals surface area contributed by atoms with E-state index in [0.717, 1.165) is 5.56 Å². The normalized spacial score (nSPS) is 15.5. The van der Waals surface area contributed by atoms with Crippen molar-refractivity contribution in [1.82, 2.24) is 14.5 Å². The van der Waals surface area contributed by atoms with E-state index in [1.54, 1.807) is 53.2 Å². The maximum Gasteiger partial charge on any atom is 0.312 e.